The summed E-state index contributed by atoms with van der Waals surface area (Å²) >= 11 is 0. The molecule has 1 aromatic heterocycles. The molecule has 0 bridgehead atoms. The van der Waals surface area contributed by atoms with Crippen LogP contribution in [0.5, 0.6) is 17.2 Å². The molecule has 0 spiro atoms. The van der Waals surface area contributed by atoms with E-state index in [-0.39, 0.29) is 35.3 Å². The van der Waals surface area contributed by atoms with Crippen molar-refractivity contribution in [2.45, 2.75) is 33.2 Å². The van der Waals surface area contributed by atoms with Gasteiger partial charge in [0, 0.05) is 6.07 Å². The van der Waals surface area contributed by atoms with Crippen molar-refractivity contribution in [1.29, 1.82) is 0 Å². The minimum absolute atomic E-state index is 0. The molecule has 7 heteroatoms. The van der Waals surface area contributed by atoms with Crippen LogP contribution < -0.4 is 33.0 Å². The Kier molecular flexibility index (Phi) is 7.42. The fourth-order valence-corrected chi connectivity index (χ4v) is 2.85. The van der Waals surface area contributed by atoms with Crippen LogP contribution in [0.1, 0.15) is 26.0 Å². The molecule has 2 aromatic carbocycles. The second kappa shape index (κ2) is 9.58. The number of carbonyl (C=O) groups excluding carboxylic acids is 1. The van der Waals surface area contributed by atoms with Crippen molar-refractivity contribution >= 4 is 16.9 Å². The van der Waals surface area contributed by atoms with Crippen molar-refractivity contribution in [3.8, 4) is 17.2 Å². The number of fused-ring (bicyclic) bond motifs is 1. The molecule has 3 aromatic rings. The molecule has 0 aliphatic rings. The van der Waals surface area contributed by atoms with Crippen LogP contribution in [0.25, 0.3) is 11.0 Å². The van der Waals surface area contributed by atoms with Crippen molar-refractivity contribution in [3.63, 3.8) is 0 Å². The van der Waals surface area contributed by atoms with Gasteiger partial charge in [-0.05, 0) is 43.5 Å². The van der Waals surface area contributed by atoms with E-state index < -0.39 is 12.0 Å². The lowest BCUT2D eigenvalue weighted by Gasteiger charge is -2.13. The van der Waals surface area contributed by atoms with Gasteiger partial charge in [0.15, 0.2) is 0 Å². The van der Waals surface area contributed by atoms with Gasteiger partial charge in [-0.25, -0.2) is 4.79 Å². The predicted octanol–water partition coefficient (Wildman–Crippen LogP) is 1.18. The highest BCUT2D eigenvalue weighted by Crippen LogP contribution is 2.27. The van der Waals surface area contributed by atoms with Gasteiger partial charge in [0.1, 0.15) is 28.9 Å². The fourth-order valence-electron chi connectivity index (χ4n) is 2.85. The Hall–Kier alpha value is -2.83. The van der Waals surface area contributed by atoms with Gasteiger partial charge in [0.2, 0.25) is 11.2 Å². The molecule has 0 saturated carbocycles. The van der Waals surface area contributed by atoms with E-state index >= 15 is 0 Å². The lowest BCUT2D eigenvalue weighted by atomic mass is 10.1. The zero-order valence-electron chi connectivity index (χ0n) is 16.5. The van der Waals surface area contributed by atoms with Crippen LogP contribution in [-0.4, -0.2) is 12.0 Å². The first kappa shape index (κ1) is 22.5. The van der Waals surface area contributed by atoms with Crippen LogP contribution >= 0.6 is 0 Å². The van der Waals surface area contributed by atoms with E-state index in [0.717, 1.165) is 0 Å². The minimum atomic E-state index is -0.703. The van der Waals surface area contributed by atoms with Crippen molar-refractivity contribution in [2.24, 2.45) is 11.7 Å². The van der Waals surface area contributed by atoms with Gasteiger partial charge in [-0.2, -0.15) is 0 Å². The molecule has 3 rings (SSSR count). The average Bonchev–Trinajstić information content (AvgIpc) is 2.65. The van der Waals surface area contributed by atoms with Crippen LogP contribution in [0.15, 0.2) is 57.7 Å². The number of aryl methyl sites for hydroxylation is 1. The van der Waals surface area contributed by atoms with Crippen LogP contribution in [0.4, 0.5) is 0 Å². The Morgan fingerprint density at radius 1 is 1.10 bits per heavy atom. The molecule has 0 aliphatic heterocycles. The number of benzene rings is 2. The van der Waals surface area contributed by atoms with Crippen LogP contribution in [0.2, 0.25) is 0 Å². The average molecular weight is 417 g/mol. The van der Waals surface area contributed by atoms with Crippen LogP contribution in [0.3, 0.4) is 0 Å². The van der Waals surface area contributed by atoms with E-state index in [1.807, 2.05) is 32.0 Å². The van der Waals surface area contributed by atoms with Gasteiger partial charge in [0.25, 0.3) is 0 Å². The number of rotatable bonds is 6. The van der Waals surface area contributed by atoms with Gasteiger partial charge in [-0.3, -0.25) is 4.79 Å². The van der Waals surface area contributed by atoms with E-state index in [9.17, 15) is 9.59 Å². The number of para-hydroxylation sites is 1. The summed E-state index contributed by atoms with van der Waals surface area (Å²) in [4.78, 5) is 24.9. The number of esters is 1. The SMILES string of the molecule is Cc1oc2cc(OC(=O)C(N)CC(C)C)ccc2c(=O)c1Oc1ccccc1.[Cl-]. The topological polar surface area (TPSA) is 91.8 Å². The van der Waals surface area contributed by atoms with Crippen LogP contribution in [-0.2, 0) is 4.79 Å². The first-order chi connectivity index (χ1) is 13.3. The smallest absolute Gasteiger partial charge is 0.328 e. The summed E-state index contributed by atoms with van der Waals surface area (Å²) in [7, 11) is 0. The molecule has 154 valence electrons. The Labute approximate surface area is 175 Å². The Morgan fingerprint density at radius 3 is 2.45 bits per heavy atom. The fraction of sp³-hybridized carbons (Fsp3) is 0.273. The quantitative estimate of drug-likeness (QED) is 0.479. The van der Waals surface area contributed by atoms with Crippen molar-refractivity contribution in [1.82, 2.24) is 0 Å². The second-order valence-corrected chi connectivity index (χ2v) is 7.05. The highest BCUT2D eigenvalue weighted by molar-refractivity contribution is 5.82. The maximum Gasteiger partial charge on any atom is 0.328 e. The van der Waals surface area contributed by atoms with Gasteiger partial charge >= 0.3 is 5.97 Å². The van der Waals surface area contributed by atoms with Gasteiger partial charge in [0.05, 0.1) is 5.39 Å². The molecule has 1 unspecified atom stereocenters. The summed E-state index contributed by atoms with van der Waals surface area (Å²) in [6, 6.07) is 12.9. The molecular weight excluding hydrogens is 394 g/mol. The Balaban J connectivity index is 0.00000300. The molecule has 0 aliphatic carbocycles. The number of carbonyl (C=O) groups is 1. The zero-order chi connectivity index (χ0) is 20.3. The molecule has 0 amide bonds. The van der Waals surface area contributed by atoms with E-state index in [1.54, 1.807) is 31.2 Å². The molecule has 1 heterocycles. The summed E-state index contributed by atoms with van der Waals surface area (Å²) in [5, 5.41) is 0.336. The molecule has 1 atom stereocenters. The first-order valence-corrected chi connectivity index (χ1v) is 9.12. The lowest BCUT2D eigenvalue weighted by molar-refractivity contribution is -0.136. The largest absolute Gasteiger partial charge is 1.00 e. The third-order valence-electron chi connectivity index (χ3n) is 4.20. The minimum Gasteiger partial charge on any atom is -1.00 e. The number of ether oxygens (including phenoxy) is 2. The first-order valence-electron chi connectivity index (χ1n) is 9.12. The van der Waals surface area contributed by atoms with E-state index in [4.69, 9.17) is 19.6 Å². The summed E-state index contributed by atoms with van der Waals surface area (Å²) in [6.07, 6.45) is 0.529. The zero-order valence-corrected chi connectivity index (χ0v) is 17.2. The Morgan fingerprint density at radius 2 is 1.79 bits per heavy atom. The Bertz CT molecular complexity index is 1050. The third-order valence-corrected chi connectivity index (χ3v) is 4.20. The number of halogens is 1. The van der Waals surface area contributed by atoms with E-state index in [0.29, 0.717) is 28.9 Å². The van der Waals surface area contributed by atoms with Crippen molar-refractivity contribution < 1.29 is 31.1 Å². The maximum absolute atomic E-state index is 12.8. The molecule has 6 nitrogen and oxygen atoms in total. The monoisotopic (exact) mass is 416 g/mol. The maximum atomic E-state index is 12.8. The highest BCUT2D eigenvalue weighted by atomic mass is 35.5. The standard InChI is InChI=1S/C22H23NO5.ClH/c1-13(2)11-18(23)22(25)28-16-9-10-17-19(12-16)26-14(3)21(20(17)24)27-15-7-5-4-6-8-15;/h4-10,12-13,18H,11,23H2,1-3H3;1H/p-1. The molecule has 2 N–H and O–H groups in total. The third kappa shape index (κ3) is 5.37. The normalized spacial score (nSPS) is 11.8. The number of hydrogen-bond donors (Lipinski definition) is 1. The molecule has 0 saturated heterocycles. The lowest BCUT2D eigenvalue weighted by Crippen LogP contribution is -3.00. The van der Waals surface area contributed by atoms with E-state index in [1.165, 1.54) is 6.07 Å². The summed E-state index contributed by atoms with van der Waals surface area (Å²) in [5.74, 6) is 1.04. The van der Waals surface area contributed by atoms with Gasteiger partial charge < -0.3 is 32.0 Å². The van der Waals surface area contributed by atoms with E-state index in [2.05, 4.69) is 0 Å². The van der Waals surface area contributed by atoms with Gasteiger partial charge in [-0.1, -0.05) is 32.0 Å². The predicted molar refractivity (Wildman–Crippen MR) is 107 cm³/mol. The number of nitrogens with two attached hydrogens (primary N) is 1. The van der Waals surface area contributed by atoms with Crippen molar-refractivity contribution in [2.75, 3.05) is 0 Å². The van der Waals surface area contributed by atoms with Gasteiger partial charge in [-0.15, -0.1) is 0 Å². The highest BCUT2D eigenvalue weighted by Gasteiger charge is 2.19. The summed E-state index contributed by atoms with van der Waals surface area (Å²) in [5.41, 5.74) is 5.87. The van der Waals surface area contributed by atoms with Crippen molar-refractivity contribution in [3.05, 3.63) is 64.5 Å². The number of hydrogen-bond acceptors (Lipinski definition) is 6. The molecule has 29 heavy (non-hydrogen) atoms. The second-order valence-electron chi connectivity index (χ2n) is 7.05. The molecular formula is C22H23ClNO5-. The summed E-state index contributed by atoms with van der Waals surface area (Å²) in [6.45, 7) is 5.61. The summed E-state index contributed by atoms with van der Waals surface area (Å²) < 4.78 is 16.8. The van der Waals surface area contributed by atoms with Crippen LogP contribution in [0, 0.1) is 12.8 Å². The molecule has 0 fully saturated rings. The molecule has 0 radical (unpaired) electrons.